The van der Waals surface area contributed by atoms with Crippen LogP contribution in [0, 0.1) is 0 Å². The lowest BCUT2D eigenvalue weighted by Gasteiger charge is -2.08. The zero-order chi connectivity index (χ0) is 14.5. The van der Waals surface area contributed by atoms with Gasteiger partial charge in [-0.2, -0.15) is 0 Å². The van der Waals surface area contributed by atoms with Crippen LogP contribution >= 0.6 is 23.2 Å². The van der Waals surface area contributed by atoms with Crippen molar-refractivity contribution in [2.24, 2.45) is 0 Å². The number of hydrogen-bond donors (Lipinski definition) is 1. The number of nitrogens with one attached hydrogen (secondary N) is 1. The van der Waals surface area contributed by atoms with Crippen molar-refractivity contribution in [3.8, 4) is 11.5 Å². The van der Waals surface area contributed by atoms with Gasteiger partial charge in [-0.05, 0) is 42.5 Å². The Hall–Kier alpha value is -1.91. The van der Waals surface area contributed by atoms with Gasteiger partial charge in [-0.1, -0.05) is 23.2 Å². The number of rotatable bonds is 3. The van der Waals surface area contributed by atoms with Crippen molar-refractivity contribution >= 4 is 35.0 Å². The van der Waals surface area contributed by atoms with Gasteiger partial charge in [-0.25, -0.2) is 4.79 Å². The molecule has 0 aromatic heterocycles. The molecule has 2 aromatic rings. The van der Waals surface area contributed by atoms with E-state index in [1.54, 1.807) is 49.6 Å². The molecule has 0 aliphatic heterocycles. The molecule has 0 saturated heterocycles. The van der Waals surface area contributed by atoms with Crippen molar-refractivity contribution in [2.45, 2.75) is 0 Å². The zero-order valence-corrected chi connectivity index (χ0v) is 12.0. The molecule has 4 nitrogen and oxygen atoms in total. The summed E-state index contributed by atoms with van der Waals surface area (Å²) in [6.07, 6.45) is -0.617. The van der Waals surface area contributed by atoms with Gasteiger partial charge >= 0.3 is 6.09 Å². The van der Waals surface area contributed by atoms with Gasteiger partial charge in [0.25, 0.3) is 0 Å². The predicted molar refractivity (Wildman–Crippen MR) is 79.1 cm³/mol. The molecule has 0 unspecified atom stereocenters. The van der Waals surface area contributed by atoms with Crippen LogP contribution in [0.25, 0.3) is 0 Å². The Kier molecular flexibility index (Phi) is 4.71. The molecule has 6 heteroatoms. The molecule has 0 aliphatic rings. The van der Waals surface area contributed by atoms with E-state index in [2.05, 4.69) is 5.32 Å². The van der Waals surface area contributed by atoms with Gasteiger partial charge in [0.05, 0.1) is 17.2 Å². The highest BCUT2D eigenvalue weighted by Crippen LogP contribution is 2.25. The molecule has 2 rings (SSSR count). The van der Waals surface area contributed by atoms with Crippen LogP contribution in [0.5, 0.6) is 11.5 Å². The van der Waals surface area contributed by atoms with E-state index in [1.165, 1.54) is 0 Å². The second-order valence-electron chi connectivity index (χ2n) is 3.82. The standard InChI is InChI=1S/C14H11Cl2NO3/c1-19-10-3-5-11(6-4-10)20-14(18)17-9-2-7-12(15)13(16)8-9/h2-8H,1H3,(H,17,18). The second-order valence-corrected chi connectivity index (χ2v) is 4.63. The first-order valence-corrected chi connectivity index (χ1v) is 6.42. The molecule has 0 heterocycles. The molecular formula is C14H11Cl2NO3. The maximum Gasteiger partial charge on any atom is 0.417 e. The molecule has 0 fully saturated rings. The van der Waals surface area contributed by atoms with E-state index in [1.807, 2.05) is 0 Å². The molecule has 2 aromatic carbocycles. The Labute approximate surface area is 126 Å². The van der Waals surface area contributed by atoms with Gasteiger partial charge in [0.1, 0.15) is 11.5 Å². The predicted octanol–water partition coefficient (Wildman–Crippen LogP) is 4.61. The van der Waals surface area contributed by atoms with Crippen LogP contribution < -0.4 is 14.8 Å². The minimum absolute atomic E-state index is 0.355. The van der Waals surface area contributed by atoms with Gasteiger partial charge in [-0.3, -0.25) is 5.32 Å². The van der Waals surface area contributed by atoms with Crippen molar-refractivity contribution in [3.63, 3.8) is 0 Å². The normalized spacial score (nSPS) is 9.95. The van der Waals surface area contributed by atoms with Crippen LogP contribution in [-0.2, 0) is 0 Å². The van der Waals surface area contributed by atoms with E-state index in [0.717, 1.165) is 0 Å². The van der Waals surface area contributed by atoms with Gasteiger partial charge in [0.2, 0.25) is 0 Å². The van der Waals surface area contributed by atoms with E-state index in [-0.39, 0.29) is 0 Å². The molecule has 0 bridgehead atoms. The summed E-state index contributed by atoms with van der Waals surface area (Å²) in [4.78, 5) is 11.7. The van der Waals surface area contributed by atoms with Crippen LogP contribution in [-0.4, -0.2) is 13.2 Å². The summed E-state index contributed by atoms with van der Waals surface area (Å²) >= 11 is 11.6. The number of anilines is 1. The minimum Gasteiger partial charge on any atom is -0.497 e. The quantitative estimate of drug-likeness (QED) is 0.900. The van der Waals surface area contributed by atoms with Crippen LogP contribution in [0.1, 0.15) is 0 Å². The number of carbonyl (C=O) groups is 1. The molecule has 0 saturated carbocycles. The highest BCUT2D eigenvalue weighted by Gasteiger charge is 2.07. The molecule has 104 valence electrons. The van der Waals surface area contributed by atoms with E-state index in [0.29, 0.717) is 27.2 Å². The number of ether oxygens (including phenoxy) is 2. The summed E-state index contributed by atoms with van der Waals surface area (Å²) in [5.74, 6) is 1.09. The Balaban J connectivity index is 1.99. The number of carbonyl (C=O) groups excluding carboxylic acids is 1. The summed E-state index contributed by atoms with van der Waals surface area (Å²) in [6, 6.07) is 11.4. The van der Waals surface area contributed by atoms with E-state index >= 15 is 0 Å². The lowest BCUT2D eigenvalue weighted by Crippen LogP contribution is -2.16. The summed E-state index contributed by atoms with van der Waals surface area (Å²) in [5, 5.41) is 3.32. The molecule has 0 atom stereocenters. The Bertz CT molecular complexity index is 614. The lowest BCUT2D eigenvalue weighted by atomic mass is 10.3. The first kappa shape index (κ1) is 14.5. The van der Waals surface area contributed by atoms with Crippen LogP contribution in [0.3, 0.4) is 0 Å². The van der Waals surface area contributed by atoms with Gasteiger partial charge in [-0.15, -0.1) is 0 Å². The summed E-state index contributed by atoms with van der Waals surface area (Å²) in [5.41, 5.74) is 0.498. The fourth-order valence-electron chi connectivity index (χ4n) is 1.47. The van der Waals surface area contributed by atoms with E-state index in [4.69, 9.17) is 32.7 Å². The highest BCUT2D eigenvalue weighted by atomic mass is 35.5. The van der Waals surface area contributed by atoms with Gasteiger partial charge in [0.15, 0.2) is 0 Å². The lowest BCUT2D eigenvalue weighted by molar-refractivity contribution is 0.215. The first-order valence-electron chi connectivity index (χ1n) is 5.66. The third-order valence-corrected chi connectivity index (χ3v) is 3.18. The van der Waals surface area contributed by atoms with Crippen molar-refractivity contribution in [1.29, 1.82) is 0 Å². The highest BCUT2D eigenvalue weighted by molar-refractivity contribution is 6.42. The molecule has 0 spiro atoms. The molecule has 1 amide bonds. The Morgan fingerprint density at radius 3 is 2.25 bits per heavy atom. The molecular weight excluding hydrogens is 301 g/mol. The Morgan fingerprint density at radius 1 is 1.00 bits per heavy atom. The molecule has 20 heavy (non-hydrogen) atoms. The van der Waals surface area contributed by atoms with Crippen molar-refractivity contribution in [3.05, 3.63) is 52.5 Å². The average molecular weight is 312 g/mol. The van der Waals surface area contributed by atoms with Crippen LogP contribution in [0.2, 0.25) is 10.0 Å². The first-order chi connectivity index (χ1) is 9.58. The number of benzene rings is 2. The smallest absolute Gasteiger partial charge is 0.417 e. The van der Waals surface area contributed by atoms with Crippen molar-refractivity contribution in [1.82, 2.24) is 0 Å². The number of halogens is 2. The number of methoxy groups -OCH3 is 1. The maximum absolute atomic E-state index is 11.7. The Morgan fingerprint density at radius 2 is 1.65 bits per heavy atom. The SMILES string of the molecule is COc1ccc(OC(=O)Nc2ccc(Cl)c(Cl)c2)cc1. The van der Waals surface area contributed by atoms with Gasteiger partial charge in [0, 0.05) is 5.69 Å². The molecule has 0 aliphatic carbocycles. The summed E-state index contributed by atoms with van der Waals surface area (Å²) in [6.45, 7) is 0. The van der Waals surface area contributed by atoms with Crippen molar-refractivity contribution in [2.75, 3.05) is 12.4 Å². The fraction of sp³-hybridized carbons (Fsp3) is 0.0714. The van der Waals surface area contributed by atoms with Crippen LogP contribution in [0.15, 0.2) is 42.5 Å². The van der Waals surface area contributed by atoms with E-state index in [9.17, 15) is 4.79 Å². The topological polar surface area (TPSA) is 47.6 Å². The second kappa shape index (κ2) is 6.50. The molecule has 0 radical (unpaired) electrons. The average Bonchev–Trinajstić information content (AvgIpc) is 2.44. The number of hydrogen-bond acceptors (Lipinski definition) is 3. The van der Waals surface area contributed by atoms with E-state index < -0.39 is 6.09 Å². The molecule has 1 N–H and O–H groups in total. The minimum atomic E-state index is -0.617. The maximum atomic E-state index is 11.7. The largest absolute Gasteiger partial charge is 0.497 e. The third kappa shape index (κ3) is 3.79. The monoisotopic (exact) mass is 311 g/mol. The van der Waals surface area contributed by atoms with Crippen LogP contribution in [0.4, 0.5) is 10.5 Å². The number of amides is 1. The fourth-order valence-corrected chi connectivity index (χ4v) is 1.77. The summed E-state index contributed by atoms with van der Waals surface area (Å²) in [7, 11) is 1.56. The third-order valence-electron chi connectivity index (χ3n) is 2.44. The summed E-state index contributed by atoms with van der Waals surface area (Å²) < 4.78 is 10.1. The zero-order valence-electron chi connectivity index (χ0n) is 10.5. The van der Waals surface area contributed by atoms with Crippen molar-refractivity contribution < 1.29 is 14.3 Å². The van der Waals surface area contributed by atoms with Gasteiger partial charge < -0.3 is 9.47 Å².